The molecule has 0 saturated carbocycles. The van der Waals surface area contributed by atoms with E-state index >= 15 is 0 Å². The molecular formula is C16H15ClO3. The average molecular weight is 291 g/mol. The predicted molar refractivity (Wildman–Crippen MR) is 78.4 cm³/mol. The van der Waals surface area contributed by atoms with Crippen LogP contribution in [0.2, 0.25) is 5.02 Å². The Bertz CT molecular complexity index is 593. The molecule has 0 aliphatic carbocycles. The third kappa shape index (κ3) is 4.00. The molecule has 0 unspecified atom stereocenters. The molecule has 1 N–H and O–H groups in total. The summed E-state index contributed by atoms with van der Waals surface area (Å²) < 4.78 is 5.52. The number of halogens is 1. The lowest BCUT2D eigenvalue weighted by atomic mass is 10.1. The van der Waals surface area contributed by atoms with E-state index in [-0.39, 0.29) is 0 Å². The molecule has 0 heterocycles. The van der Waals surface area contributed by atoms with Crippen molar-refractivity contribution in [3.63, 3.8) is 0 Å². The summed E-state index contributed by atoms with van der Waals surface area (Å²) in [5, 5.41) is 9.85. The van der Waals surface area contributed by atoms with Crippen molar-refractivity contribution in [2.75, 3.05) is 0 Å². The predicted octanol–water partition coefficient (Wildman–Crippen LogP) is 3.72. The topological polar surface area (TPSA) is 46.5 Å². The molecule has 0 spiro atoms. The number of hydrogen-bond donors (Lipinski definition) is 1. The van der Waals surface area contributed by atoms with Gasteiger partial charge < -0.3 is 9.84 Å². The van der Waals surface area contributed by atoms with Gasteiger partial charge in [0.05, 0.1) is 0 Å². The molecule has 0 radical (unpaired) electrons. The van der Waals surface area contributed by atoms with Crippen LogP contribution in [0.5, 0.6) is 5.75 Å². The molecule has 0 amide bonds. The van der Waals surface area contributed by atoms with Gasteiger partial charge in [0.25, 0.3) is 0 Å². The van der Waals surface area contributed by atoms with Crippen molar-refractivity contribution in [3.05, 3.63) is 64.7 Å². The quantitative estimate of drug-likeness (QED) is 0.913. The maximum atomic E-state index is 11.3. The summed E-state index contributed by atoms with van der Waals surface area (Å²) in [6.45, 7) is 1.97. The number of aliphatic carboxylic acids is 1. The van der Waals surface area contributed by atoms with E-state index in [1.54, 1.807) is 24.3 Å². The Morgan fingerprint density at radius 1 is 1.25 bits per heavy atom. The maximum Gasteiger partial charge on any atom is 0.345 e. The van der Waals surface area contributed by atoms with Gasteiger partial charge in [0.15, 0.2) is 6.10 Å². The second-order valence-electron chi connectivity index (χ2n) is 4.59. The first-order valence-electron chi connectivity index (χ1n) is 6.25. The van der Waals surface area contributed by atoms with Crippen LogP contribution < -0.4 is 4.74 Å². The molecule has 104 valence electrons. The van der Waals surface area contributed by atoms with Crippen LogP contribution in [0.25, 0.3) is 0 Å². The van der Waals surface area contributed by atoms with Gasteiger partial charge >= 0.3 is 5.97 Å². The summed E-state index contributed by atoms with van der Waals surface area (Å²) in [6.07, 6.45) is -0.599. The minimum Gasteiger partial charge on any atom is -0.478 e. The van der Waals surface area contributed by atoms with E-state index in [9.17, 15) is 9.90 Å². The number of rotatable bonds is 5. The lowest BCUT2D eigenvalue weighted by Crippen LogP contribution is -2.29. The van der Waals surface area contributed by atoms with Crippen molar-refractivity contribution in [3.8, 4) is 5.75 Å². The highest BCUT2D eigenvalue weighted by Crippen LogP contribution is 2.18. The largest absolute Gasteiger partial charge is 0.478 e. The van der Waals surface area contributed by atoms with Crippen LogP contribution in [0.3, 0.4) is 0 Å². The molecule has 2 aromatic carbocycles. The van der Waals surface area contributed by atoms with E-state index in [1.165, 1.54) is 0 Å². The number of carboxylic acid groups (broad SMARTS) is 1. The van der Waals surface area contributed by atoms with Gasteiger partial charge in [-0.2, -0.15) is 0 Å². The number of carboxylic acids is 1. The number of ether oxygens (including phenoxy) is 1. The van der Waals surface area contributed by atoms with E-state index in [4.69, 9.17) is 16.3 Å². The lowest BCUT2D eigenvalue weighted by molar-refractivity contribution is -0.145. The van der Waals surface area contributed by atoms with Crippen LogP contribution in [-0.2, 0) is 11.2 Å². The molecule has 1 atom stereocenters. The average Bonchev–Trinajstić information content (AvgIpc) is 2.40. The molecule has 0 aromatic heterocycles. The summed E-state index contributed by atoms with van der Waals surface area (Å²) in [5.41, 5.74) is 2.03. The zero-order valence-corrected chi connectivity index (χ0v) is 11.8. The van der Waals surface area contributed by atoms with Crippen LogP contribution in [0.1, 0.15) is 11.1 Å². The van der Waals surface area contributed by atoms with Gasteiger partial charge in [-0.15, -0.1) is 0 Å². The van der Waals surface area contributed by atoms with Crippen molar-refractivity contribution < 1.29 is 14.6 Å². The van der Waals surface area contributed by atoms with Gasteiger partial charge in [0.1, 0.15) is 5.75 Å². The lowest BCUT2D eigenvalue weighted by Gasteiger charge is -2.15. The Labute approximate surface area is 122 Å². The minimum absolute atomic E-state index is 0.319. The number of hydrogen-bond acceptors (Lipinski definition) is 2. The summed E-state index contributed by atoms with van der Waals surface area (Å²) in [6, 6.07) is 14.4. The van der Waals surface area contributed by atoms with E-state index in [2.05, 4.69) is 0 Å². The van der Waals surface area contributed by atoms with Crippen LogP contribution in [0.4, 0.5) is 0 Å². The fourth-order valence-corrected chi connectivity index (χ4v) is 2.04. The van der Waals surface area contributed by atoms with Gasteiger partial charge in [-0.05, 0) is 36.8 Å². The first kappa shape index (κ1) is 14.4. The SMILES string of the molecule is Cc1cccc(C[C@H](Oc2ccc(Cl)cc2)C(=O)O)c1. The highest BCUT2D eigenvalue weighted by atomic mass is 35.5. The van der Waals surface area contributed by atoms with Crippen LogP contribution in [-0.4, -0.2) is 17.2 Å². The van der Waals surface area contributed by atoms with Gasteiger partial charge in [0.2, 0.25) is 0 Å². The van der Waals surface area contributed by atoms with E-state index in [0.717, 1.165) is 11.1 Å². The second kappa shape index (κ2) is 6.44. The van der Waals surface area contributed by atoms with E-state index < -0.39 is 12.1 Å². The molecular weight excluding hydrogens is 276 g/mol. The van der Waals surface area contributed by atoms with Gasteiger partial charge in [-0.1, -0.05) is 41.4 Å². The minimum atomic E-state index is -0.985. The molecule has 3 nitrogen and oxygen atoms in total. The van der Waals surface area contributed by atoms with Gasteiger partial charge in [-0.25, -0.2) is 4.79 Å². The number of aryl methyl sites for hydroxylation is 1. The van der Waals surface area contributed by atoms with E-state index in [0.29, 0.717) is 17.2 Å². The summed E-state index contributed by atoms with van der Waals surface area (Å²) in [4.78, 5) is 11.3. The first-order valence-corrected chi connectivity index (χ1v) is 6.63. The molecule has 0 aliphatic heterocycles. The number of carbonyl (C=O) groups is 1. The molecule has 2 rings (SSSR count). The Morgan fingerprint density at radius 3 is 2.55 bits per heavy atom. The fraction of sp³-hybridized carbons (Fsp3) is 0.188. The van der Waals surface area contributed by atoms with Gasteiger partial charge in [-0.3, -0.25) is 0 Å². The zero-order valence-electron chi connectivity index (χ0n) is 11.0. The van der Waals surface area contributed by atoms with Crippen LogP contribution in [0, 0.1) is 6.92 Å². The molecule has 20 heavy (non-hydrogen) atoms. The van der Waals surface area contributed by atoms with Crippen molar-refractivity contribution >= 4 is 17.6 Å². The zero-order chi connectivity index (χ0) is 14.5. The normalized spacial score (nSPS) is 11.9. The summed E-state index contributed by atoms with van der Waals surface area (Å²) in [7, 11) is 0. The van der Waals surface area contributed by atoms with Crippen molar-refractivity contribution in [1.82, 2.24) is 0 Å². The Morgan fingerprint density at radius 2 is 1.95 bits per heavy atom. The van der Waals surface area contributed by atoms with Crippen LogP contribution >= 0.6 is 11.6 Å². The van der Waals surface area contributed by atoms with Gasteiger partial charge in [0, 0.05) is 11.4 Å². The molecule has 0 fully saturated rings. The summed E-state index contributed by atoms with van der Waals surface area (Å²) >= 11 is 5.79. The standard InChI is InChI=1S/C16H15ClO3/c1-11-3-2-4-12(9-11)10-15(16(18)19)20-14-7-5-13(17)6-8-14/h2-9,15H,10H2,1H3,(H,18,19)/t15-/m0/s1. The van der Waals surface area contributed by atoms with Crippen molar-refractivity contribution in [2.24, 2.45) is 0 Å². The highest BCUT2D eigenvalue weighted by molar-refractivity contribution is 6.30. The fourth-order valence-electron chi connectivity index (χ4n) is 1.91. The highest BCUT2D eigenvalue weighted by Gasteiger charge is 2.20. The molecule has 0 aliphatic rings. The Hall–Kier alpha value is -2.00. The molecule has 0 saturated heterocycles. The second-order valence-corrected chi connectivity index (χ2v) is 5.03. The van der Waals surface area contributed by atoms with Crippen molar-refractivity contribution in [1.29, 1.82) is 0 Å². The Kier molecular flexibility index (Phi) is 4.64. The first-order chi connectivity index (χ1) is 9.54. The summed E-state index contributed by atoms with van der Waals surface area (Å²) in [5.74, 6) is -0.490. The molecule has 0 bridgehead atoms. The van der Waals surface area contributed by atoms with Crippen molar-refractivity contribution in [2.45, 2.75) is 19.4 Å². The number of benzene rings is 2. The maximum absolute atomic E-state index is 11.3. The monoisotopic (exact) mass is 290 g/mol. The third-order valence-electron chi connectivity index (χ3n) is 2.87. The molecule has 4 heteroatoms. The third-order valence-corrected chi connectivity index (χ3v) is 3.12. The smallest absolute Gasteiger partial charge is 0.345 e. The Balaban J connectivity index is 2.11. The van der Waals surface area contributed by atoms with E-state index in [1.807, 2.05) is 31.2 Å². The molecule has 2 aromatic rings. The van der Waals surface area contributed by atoms with Crippen LogP contribution in [0.15, 0.2) is 48.5 Å².